The van der Waals surface area contributed by atoms with Crippen molar-refractivity contribution in [2.75, 3.05) is 0 Å². The topological polar surface area (TPSA) is 68.0 Å². The molecule has 0 spiro atoms. The highest BCUT2D eigenvalue weighted by Crippen LogP contribution is 2.23. The van der Waals surface area contributed by atoms with Gasteiger partial charge in [0.15, 0.2) is 0 Å². The summed E-state index contributed by atoms with van der Waals surface area (Å²) in [4.78, 5) is 12.1. The zero-order valence-electron chi connectivity index (χ0n) is 12.7. The number of nitrogens with one attached hydrogen (secondary N) is 1. The van der Waals surface area contributed by atoms with Crippen LogP contribution in [0.1, 0.15) is 21.8 Å². The maximum Gasteiger partial charge on any atom is 0.251 e. The second kappa shape index (κ2) is 7.03. The molecule has 7 heteroatoms. The number of hydrogen-bond donors (Lipinski definition) is 1. The Morgan fingerprint density at radius 1 is 1.12 bits per heavy atom. The van der Waals surface area contributed by atoms with Gasteiger partial charge in [0.25, 0.3) is 5.91 Å². The van der Waals surface area contributed by atoms with E-state index in [1.807, 2.05) is 31.2 Å². The lowest BCUT2D eigenvalue weighted by Crippen LogP contribution is -2.22. The Hall–Kier alpha value is -2.37. The summed E-state index contributed by atoms with van der Waals surface area (Å²) in [6, 6.07) is 12.4. The van der Waals surface area contributed by atoms with Crippen molar-refractivity contribution in [2.45, 2.75) is 13.5 Å². The van der Waals surface area contributed by atoms with E-state index >= 15 is 0 Å². The highest BCUT2D eigenvalue weighted by Gasteiger charge is 2.12. The molecule has 3 rings (SSSR count). The molecule has 0 unspecified atom stereocenters. The van der Waals surface area contributed by atoms with Crippen molar-refractivity contribution in [1.29, 1.82) is 0 Å². The summed E-state index contributed by atoms with van der Waals surface area (Å²) in [5.41, 5.74) is 2.31. The molecular weight excluding hydrogens is 349 g/mol. The van der Waals surface area contributed by atoms with E-state index < -0.39 is 0 Å². The molecule has 0 aliphatic rings. The van der Waals surface area contributed by atoms with Gasteiger partial charge in [-0.15, -0.1) is 10.2 Å². The van der Waals surface area contributed by atoms with Crippen LogP contribution in [0, 0.1) is 6.92 Å². The zero-order chi connectivity index (χ0) is 17.1. The molecular formula is C17H13Cl2N3O2. The van der Waals surface area contributed by atoms with Crippen LogP contribution in [-0.4, -0.2) is 16.1 Å². The molecule has 3 aromatic rings. The van der Waals surface area contributed by atoms with Gasteiger partial charge in [0.1, 0.15) is 0 Å². The van der Waals surface area contributed by atoms with E-state index in [4.69, 9.17) is 27.6 Å². The quantitative estimate of drug-likeness (QED) is 0.752. The molecule has 5 nitrogen and oxygen atoms in total. The number of hydrogen-bond acceptors (Lipinski definition) is 4. The zero-order valence-corrected chi connectivity index (χ0v) is 14.2. The molecule has 0 radical (unpaired) electrons. The fourth-order valence-corrected chi connectivity index (χ4v) is 2.44. The van der Waals surface area contributed by atoms with Crippen LogP contribution in [0.4, 0.5) is 0 Å². The normalized spacial score (nSPS) is 10.6. The fraction of sp³-hybridized carbons (Fsp3) is 0.118. The number of rotatable bonds is 4. The Morgan fingerprint density at radius 2 is 1.92 bits per heavy atom. The molecule has 0 atom stereocenters. The van der Waals surface area contributed by atoms with E-state index in [-0.39, 0.29) is 12.5 Å². The molecule has 0 aliphatic carbocycles. The molecule has 2 aromatic carbocycles. The minimum atomic E-state index is -0.302. The smallest absolute Gasteiger partial charge is 0.251 e. The summed E-state index contributed by atoms with van der Waals surface area (Å²) in [5, 5.41) is 11.4. The van der Waals surface area contributed by atoms with Crippen LogP contribution < -0.4 is 5.32 Å². The first-order valence-electron chi connectivity index (χ1n) is 7.16. The first kappa shape index (κ1) is 16.5. The van der Waals surface area contributed by atoms with Crippen LogP contribution in [0.15, 0.2) is 46.9 Å². The predicted molar refractivity (Wildman–Crippen MR) is 92.1 cm³/mol. The Kier molecular flexibility index (Phi) is 4.83. The van der Waals surface area contributed by atoms with Gasteiger partial charge in [-0.05, 0) is 36.8 Å². The minimum absolute atomic E-state index is 0.123. The van der Waals surface area contributed by atoms with E-state index in [9.17, 15) is 4.79 Å². The molecule has 1 heterocycles. The number of amides is 1. The Morgan fingerprint density at radius 3 is 2.67 bits per heavy atom. The third-order valence-corrected chi connectivity index (χ3v) is 4.16. The van der Waals surface area contributed by atoms with Gasteiger partial charge in [-0.3, -0.25) is 4.79 Å². The predicted octanol–water partition coefficient (Wildman–Crippen LogP) is 4.28. The highest BCUT2D eigenvalue weighted by molar-refractivity contribution is 6.42. The van der Waals surface area contributed by atoms with Crippen LogP contribution in [0.2, 0.25) is 10.0 Å². The molecule has 1 aromatic heterocycles. The van der Waals surface area contributed by atoms with Gasteiger partial charge in [0.05, 0.1) is 16.6 Å². The first-order valence-corrected chi connectivity index (χ1v) is 7.92. The number of benzene rings is 2. The SMILES string of the molecule is Cc1ccccc1-c1nnc(CNC(=O)c2ccc(Cl)c(Cl)c2)o1. The van der Waals surface area contributed by atoms with Gasteiger partial charge in [-0.1, -0.05) is 41.4 Å². The summed E-state index contributed by atoms with van der Waals surface area (Å²) >= 11 is 11.7. The van der Waals surface area contributed by atoms with Gasteiger partial charge < -0.3 is 9.73 Å². The van der Waals surface area contributed by atoms with Gasteiger partial charge in [-0.2, -0.15) is 0 Å². The van der Waals surface area contributed by atoms with Crippen molar-refractivity contribution < 1.29 is 9.21 Å². The monoisotopic (exact) mass is 361 g/mol. The fourth-order valence-electron chi connectivity index (χ4n) is 2.14. The summed E-state index contributed by atoms with van der Waals surface area (Å²) in [6.07, 6.45) is 0. The van der Waals surface area contributed by atoms with E-state index in [1.54, 1.807) is 12.1 Å². The molecule has 0 fully saturated rings. The molecule has 24 heavy (non-hydrogen) atoms. The van der Waals surface area contributed by atoms with Crippen LogP contribution in [-0.2, 0) is 6.54 Å². The summed E-state index contributed by atoms with van der Waals surface area (Å²) in [6.45, 7) is 2.09. The molecule has 0 aliphatic heterocycles. The van der Waals surface area contributed by atoms with Gasteiger partial charge >= 0.3 is 0 Å². The van der Waals surface area contributed by atoms with E-state index in [2.05, 4.69) is 15.5 Å². The largest absolute Gasteiger partial charge is 0.419 e. The second-order valence-corrected chi connectivity index (χ2v) is 5.94. The molecule has 0 bridgehead atoms. The Balaban J connectivity index is 1.68. The van der Waals surface area contributed by atoms with Crippen LogP contribution in [0.5, 0.6) is 0 Å². The number of nitrogens with zero attached hydrogens (tertiary/aromatic N) is 2. The van der Waals surface area contributed by atoms with Crippen LogP contribution in [0.3, 0.4) is 0 Å². The van der Waals surface area contributed by atoms with Crippen molar-refractivity contribution in [1.82, 2.24) is 15.5 Å². The van der Waals surface area contributed by atoms with Gasteiger partial charge in [0.2, 0.25) is 11.8 Å². The summed E-state index contributed by atoms with van der Waals surface area (Å²) in [5.74, 6) is 0.442. The molecule has 0 saturated heterocycles. The lowest BCUT2D eigenvalue weighted by atomic mass is 10.1. The number of halogens is 2. The number of aryl methyl sites for hydroxylation is 1. The van der Waals surface area contributed by atoms with E-state index in [1.165, 1.54) is 6.07 Å². The van der Waals surface area contributed by atoms with Gasteiger partial charge in [0, 0.05) is 11.1 Å². The number of carbonyl (C=O) groups excluding carboxylic acids is 1. The van der Waals surface area contributed by atoms with Crippen molar-refractivity contribution in [3.8, 4) is 11.5 Å². The molecule has 1 N–H and O–H groups in total. The van der Waals surface area contributed by atoms with Crippen molar-refractivity contribution in [3.05, 3.63) is 69.5 Å². The highest BCUT2D eigenvalue weighted by atomic mass is 35.5. The average molecular weight is 362 g/mol. The van der Waals surface area contributed by atoms with E-state index in [0.29, 0.717) is 27.4 Å². The maximum absolute atomic E-state index is 12.1. The minimum Gasteiger partial charge on any atom is -0.419 e. The Labute approximate surface area is 148 Å². The molecule has 0 saturated carbocycles. The maximum atomic E-state index is 12.1. The van der Waals surface area contributed by atoms with Crippen molar-refractivity contribution in [2.24, 2.45) is 0 Å². The first-order chi connectivity index (χ1) is 11.5. The number of aromatic nitrogens is 2. The molecule has 122 valence electrons. The lowest BCUT2D eigenvalue weighted by Gasteiger charge is -2.04. The lowest BCUT2D eigenvalue weighted by molar-refractivity contribution is 0.0947. The summed E-state index contributed by atoms with van der Waals surface area (Å²) < 4.78 is 5.60. The third-order valence-electron chi connectivity index (χ3n) is 3.42. The standard InChI is InChI=1S/C17H13Cl2N3O2/c1-10-4-2-3-5-12(10)17-22-21-15(24-17)9-20-16(23)11-6-7-13(18)14(19)8-11/h2-8H,9H2,1H3,(H,20,23). The molecule has 1 amide bonds. The van der Waals surface area contributed by atoms with Crippen LogP contribution >= 0.6 is 23.2 Å². The summed E-state index contributed by atoms with van der Waals surface area (Å²) in [7, 11) is 0. The third kappa shape index (κ3) is 3.58. The van der Waals surface area contributed by atoms with Crippen LogP contribution in [0.25, 0.3) is 11.5 Å². The second-order valence-electron chi connectivity index (χ2n) is 5.13. The number of carbonyl (C=O) groups is 1. The van der Waals surface area contributed by atoms with Gasteiger partial charge in [-0.25, -0.2) is 0 Å². The Bertz CT molecular complexity index is 893. The van der Waals surface area contributed by atoms with Crippen molar-refractivity contribution >= 4 is 29.1 Å². The van der Waals surface area contributed by atoms with E-state index in [0.717, 1.165) is 11.1 Å². The average Bonchev–Trinajstić information content (AvgIpc) is 3.04. The van der Waals surface area contributed by atoms with Crippen molar-refractivity contribution in [3.63, 3.8) is 0 Å².